The Morgan fingerprint density at radius 3 is 2.62 bits per heavy atom. The number of para-hydroxylation sites is 1. The molecule has 0 saturated carbocycles. The van der Waals surface area contributed by atoms with Crippen LogP contribution in [0, 0.1) is 0 Å². The van der Waals surface area contributed by atoms with Gasteiger partial charge >= 0.3 is 19.2 Å². The molecule has 0 bridgehead atoms. The van der Waals surface area contributed by atoms with Crippen molar-refractivity contribution in [2.75, 3.05) is 19.9 Å². The number of nitrogens with one attached hydrogen (secondary N) is 1. The van der Waals surface area contributed by atoms with Crippen LogP contribution in [-0.2, 0) is 25.5 Å². The summed E-state index contributed by atoms with van der Waals surface area (Å²) in [6.07, 6.45) is 2.76. The maximum absolute atomic E-state index is 12.5. The number of carbonyl (C=O) groups is 4. The Morgan fingerprint density at radius 2 is 1.91 bits per heavy atom. The number of nitrogens with zero attached hydrogens (tertiary/aromatic N) is 1. The molecule has 1 aromatic carbocycles. The minimum Gasteiger partial charge on any atom is -0.534 e. The van der Waals surface area contributed by atoms with E-state index in [4.69, 9.17) is 14.1 Å². The van der Waals surface area contributed by atoms with Gasteiger partial charge in [-0.05, 0) is 44.2 Å². The molecule has 1 atom stereocenters. The van der Waals surface area contributed by atoms with Gasteiger partial charge in [-0.3, -0.25) is 4.79 Å². The van der Waals surface area contributed by atoms with E-state index < -0.39 is 31.9 Å². The van der Waals surface area contributed by atoms with Gasteiger partial charge in [0.05, 0.1) is 5.94 Å². The fourth-order valence-electron chi connectivity index (χ4n) is 3.66. The van der Waals surface area contributed by atoms with Crippen LogP contribution in [0.25, 0.3) is 0 Å². The summed E-state index contributed by atoms with van der Waals surface area (Å²) in [5.74, 6) is -1.80. The fraction of sp³-hybridized carbons (Fsp3) is 0.524. The van der Waals surface area contributed by atoms with Crippen LogP contribution < -0.4 is 9.97 Å². The van der Waals surface area contributed by atoms with Crippen LogP contribution in [0.4, 0.5) is 4.79 Å². The standard InChI is InChI=1S/C21H27BN2O8/c1-14(25)8-9-18(26)23-17-12-15-6-5-7-16(19(15)32-22(17)29)20(27)30-13-31-21(28)24-10-3-2-4-11-24/h5-7,17,29H,2-4,8-13H2,1H3,(H,23,26)/t17-/m0/s1. The highest BCUT2D eigenvalue weighted by Crippen LogP contribution is 2.30. The minimum absolute atomic E-state index is 0.0218. The number of piperidine rings is 1. The molecule has 0 aliphatic carbocycles. The van der Waals surface area contributed by atoms with E-state index in [-0.39, 0.29) is 42.3 Å². The van der Waals surface area contributed by atoms with E-state index in [9.17, 15) is 24.2 Å². The molecule has 1 saturated heterocycles. The lowest BCUT2D eigenvalue weighted by atomic mass is 9.72. The normalized spacial score (nSPS) is 17.6. The monoisotopic (exact) mass is 446 g/mol. The van der Waals surface area contributed by atoms with Crippen molar-refractivity contribution in [2.45, 2.75) is 51.4 Å². The quantitative estimate of drug-likeness (QED) is 0.363. The first-order valence-corrected chi connectivity index (χ1v) is 10.7. The first-order valence-electron chi connectivity index (χ1n) is 10.7. The number of ketones is 1. The third-order valence-electron chi connectivity index (χ3n) is 5.38. The van der Waals surface area contributed by atoms with Gasteiger partial charge in [-0.15, -0.1) is 0 Å². The number of hydrogen-bond donors (Lipinski definition) is 2. The second-order valence-electron chi connectivity index (χ2n) is 7.89. The van der Waals surface area contributed by atoms with Crippen molar-refractivity contribution in [1.82, 2.24) is 10.2 Å². The number of fused-ring (bicyclic) bond motifs is 1. The Kier molecular flexibility index (Phi) is 8.10. The van der Waals surface area contributed by atoms with Crippen molar-refractivity contribution >= 4 is 30.9 Å². The first-order chi connectivity index (χ1) is 15.3. The number of ether oxygens (including phenoxy) is 2. The number of rotatable bonds is 7. The molecule has 2 N–H and O–H groups in total. The predicted molar refractivity (Wildman–Crippen MR) is 113 cm³/mol. The van der Waals surface area contributed by atoms with Crippen molar-refractivity contribution in [1.29, 1.82) is 0 Å². The maximum atomic E-state index is 12.5. The molecule has 2 aliphatic rings. The van der Waals surface area contributed by atoms with Crippen molar-refractivity contribution < 1.29 is 38.3 Å². The molecule has 1 fully saturated rings. The first kappa shape index (κ1) is 23.6. The van der Waals surface area contributed by atoms with Crippen LogP contribution >= 0.6 is 0 Å². The van der Waals surface area contributed by atoms with Crippen molar-refractivity contribution in [2.24, 2.45) is 0 Å². The van der Waals surface area contributed by atoms with Crippen molar-refractivity contribution in [3.63, 3.8) is 0 Å². The van der Waals surface area contributed by atoms with Gasteiger partial charge in [0.25, 0.3) is 0 Å². The van der Waals surface area contributed by atoms with E-state index in [1.54, 1.807) is 17.0 Å². The number of hydrogen-bond acceptors (Lipinski definition) is 8. The lowest BCUT2D eigenvalue weighted by Crippen LogP contribution is -2.53. The summed E-state index contributed by atoms with van der Waals surface area (Å²) < 4.78 is 15.6. The van der Waals surface area contributed by atoms with Crippen LogP contribution in [0.15, 0.2) is 18.2 Å². The largest absolute Gasteiger partial charge is 0.547 e. The molecule has 0 radical (unpaired) electrons. The molecule has 32 heavy (non-hydrogen) atoms. The van der Waals surface area contributed by atoms with E-state index in [1.165, 1.54) is 13.0 Å². The van der Waals surface area contributed by atoms with Crippen LogP contribution in [0.2, 0.25) is 0 Å². The maximum Gasteiger partial charge on any atom is 0.547 e. The number of carbonyl (C=O) groups excluding carboxylic acids is 4. The van der Waals surface area contributed by atoms with Crippen molar-refractivity contribution in [3.05, 3.63) is 29.3 Å². The summed E-state index contributed by atoms with van der Waals surface area (Å²) in [6, 6.07) is 4.82. The van der Waals surface area contributed by atoms with Gasteiger partial charge in [0, 0.05) is 25.9 Å². The van der Waals surface area contributed by atoms with Crippen LogP contribution in [-0.4, -0.2) is 66.6 Å². The van der Waals surface area contributed by atoms with Gasteiger partial charge in [0.15, 0.2) is 0 Å². The molecule has 11 heteroatoms. The molecule has 10 nitrogen and oxygen atoms in total. The molecule has 3 rings (SSSR count). The third kappa shape index (κ3) is 6.22. The number of benzene rings is 1. The highest BCUT2D eigenvalue weighted by molar-refractivity contribution is 6.47. The minimum atomic E-state index is -1.38. The van der Waals surface area contributed by atoms with E-state index in [0.717, 1.165) is 19.3 Å². The second-order valence-corrected chi connectivity index (χ2v) is 7.89. The lowest BCUT2D eigenvalue weighted by molar-refractivity contribution is -0.124. The summed E-state index contributed by atoms with van der Waals surface area (Å²) in [6.45, 7) is 2.11. The van der Waals surface area contributed by atoms with Gasteiger partial charge in [0.2, 0.25) is 12.7 Å². The summed E-state index contributed by atoms with van der Waals surface area (Å²) in [7, 11) is -1.38. The highest BCUT2D eigenvalue weighted by atomic mass is 16.7. The summed E-state index contributed by atoms with van der Waals surface area (Å²) in [5, 5.41) is 13.0. The molecule has 172 valence electrons. The zero-order valence-corrected chi connectivity index (χ0v) is 18.0. The van der Waals surface area contributed by atoms with E-state index in [2.05, 4.69) is 5.32 Å². The fourth-order valence-corrected chi connectivity index (χ4v) is 3.66. The molecule has 0 aromatic heterocycles. The number of amides is 2. The number of esters is 1. The molecule has 2 aliphatic heterocycles. The summed E-state index contributed by atoms with van der Waals surface area (Å²) in [4.78, 5) is 49.1. The van der Waals surface area contributed by atoms with Gasteiger partial charge < -0.3 is 34.2 Å². The average molecular weight is 446 g/mol. The third-order valence-corrected chi connectivity index (χ3v) is 5.38. The SMILES string of the molecule is CC(=O)CCC(=O)N[C@H]1Cc2cccc(C(=O)OCOC(=O)N3CCCCC3)c2OB1O. The molecular weight excluding hydrogens is 419 g/mol. The molecule has 2 heterocycles. The number of likely N-dealkylation sites (tertiary alicyclic amines) is 1. The van der Waals surface area contributed by atoms with E-state index in [0.29, 0.717) is 18.7 Å². The van der Waals surface area contributed by atoms with Crippen LogP contribution in [0.1, 0.15) is 54.9 Å². The second kappa shape index (κ2) is 11.0. The van der Waals surface area contributed by atoms with Crippen LogP contribution in [0.5, 0.6) is 5.75 Å². The van der Waals surface area contributed by atoms with E-state index in [1.807, 2.05) is 0 Å². The van der Waals surface area contributed by atoms with Crippen LogP contribution in [0.3, 0.4) is 0 Å². The summed E-state index contributed by atoms with van der Waals surface area (Å²) >= 11 is 0. The zero-order valence-electron chi connectivity index (χ0n) is 18.0. The van der Waals surface area contributed by atoms with Gasteiger partial charge in [0.1, 0.15) is 17.1 Å². The van der Waals surface area contributed by atoms with Crippen molar-refractivity contribution in [3.8, 4) is 5.75 Å². The lowest BCUT2D eigenvalue weighted by Gasteiger charge is -2.29. The topological polar surface area (TPSA) is 131 Å². The molecule has 0 spiro atoms. The molecule has 2 amide bonds. The Morgan fingerprint density at radius 1 is 1.16 bits per heavy atom. The van der Waals surface area contributed by atoms with Gasteiger partial charge in [-0.1, -0.05) is 12.1 Å². The Labute approximate surface area is 186 Å². The predicted octanol–water partition coefficient (Wildman–Crippen LogP) is 1.23. The Hall–Kier alpha value is -3.08. The summed E-state index contributed by atoms with van der Waals surface area (Å²) in [5.41, 5.74) is 0.684. The molecule has 1 aromatic rings. The molecular formula is C21H27BN2O8. The zero-order chi connectivity index (χ0) is 23.1. The number of Topliss-reactive ketones (excluding diaryl/α,β-unsaturated/α-hetero) is 1. The molecule has 0 unspecified atom stereocenters. The smallest absolute Gasteiger partial charge is 0.534 e. The van der Waals surface area contributed by atoms with Gasteiger partial charge in [-0.25, -0.2) is 9.59 Å². The van der Waals surface area contributed by atoms with E-state index >= 15 is 0 Å². The Balaban J connectivity index is 1.56. The van der Waals surface area contributed by atoms with Gasteiger partial charge in [-0.2, -0.15) is 0 Å². The highest BCUT2D eigenvalue weighted by Gasteiger charge is 2.38. The average Bonchev–Trinajstić information content (AvgIpc) is 2.78. The Bertz CT molecular complexity index is 871.